The number of amides is 2. The lowest BCUT2D eigenvalue weighted by Crippen LogP contribution is -2.45. The van der Waals surface area contributed by atoms with Gasteiger partial charge in [-0.15, -0.1) is 0 Å². The summed E-state index contributed by atoms with van der Waals surface area (Å²) in [5.41, 5.74) is 0.552. The van der Waals surface area contributed by atoms with Crippen LogP contribution in [-0.4, -0.2) is 29.8 Å². The highest BCUT2D eigenvalue weighted by atomic mass is 19.1. The summed E-state index contributed by atoms with van der Waals surface area (Å²) in [6, 6.07) is 5.38. The fourth-order valence-electron chi connectivity index (χ4n) is 2.19. The Bertz CT molecular complexity index is 473. The van der Waals surface area contributed by atoms with Crippen LogP contribution < -0.4 is 5.32 Å². The smallest absolute Gasteiger partial charge is 0.321 e. The molecule has 5 heteroatoms. The fourth-order valence-corrected chi connectivity index (χ4v) is 2.19. The van der Waals surface area contributed by atoms with E-state index >= 15 is 0 Å². The van der Waals surface area contributed by atoms with Gasteiger partial charge >= 0.3 is 6.03 Å². The zero-order chi connectivity index (χ0) is 13.8. The molecular formula is C14H17FN2O2. The third-order valence-corrected chi connectivity index (χ3v) is 3.40. The van der Waals surface area contributed by atoms with Gasteiger partial charge in [0.15, 0.2) is 0 Å². The molecule has 4 nitrogen and oxygen atoms in total. The van der Waals surface area contributed by atoms with Gasteiger partial charge < -0.3 is 10.2 Å². The molecule has 1 unspecified atom stereocenters. The van der Waals surface area contributed by atoms with Gasteiger partial charge in [-0.05, 0) is 30.7 Å². The van der Waals surface area contributed by atoms with E-state index in [9.17, 15) is 14.0 Å². The molecule has 0 aliphatic carbocycles. The Morgan fingerprint density at radius 3 is 2.74 bits per heavy atom. The largest absolute Gasteiger partial charge is 0.323 e. The van der Waals surface area contributed by atoms with Crippen molar-refractivity contribution in [2.75, 3.05) is 18.4 Å². The minimum absolute atomic E-state index is 0.0623. The molecule has 1 aromatic rings. The molecule has 0 saturated carbocycles. The second-order valence-electron chi connectivity index (χ2n) is 4.70. The molecule has 0 bridgehead atoms. The third-order valence-electron chi connectivity index (χ3n) is 3.40. The number of hydrogen-bond donors (Lipinski definition) is 1. The van der Waals surface area contributed by atoms with E-state index in [4.69, 9.17) is 0 Å². The quantitative estimate of drug-likeness (QED) is 0.892. The van der Waals surface area contributed by atoms with Crippen molar-refractivity contribution < 1.29 is 14.0 Å². The maximum Gasteiger partial charge on any atom is 0.321 e. The van der Waals surface area contributed by atoms with E-state index in [0.29, 0.717) is 25.2 Å². The minimum atomic E-state index is -0.340. The number of ketones is 1. The number of carbonyl (C=O) groups is 2. The van der Waals surface area contributed by atoms with Gasteiger partial charge in [0.05, 0.1) is 0 Å². The molecule has 102 valence electrons. The number of piperidine rings is 1. The SMILES string of the molecule is CCC1CN(C(=O)Nc2ccc(F)cc2)CCC1=O. The second kappa shape index (κ2) is 5.82. The Hall–Kier alpha value is -1.91. The summed E-state index contributed by atoms with van der Waals surface area (Å²) in [7, 11) is 0. The van der Waals surface area contributed by atoms with Crippen molar-refractivity contribution >= 4 is 17.5 Å². The number of anilines is 1. The molecule has 0 radical (unpaired) electrons. The van der Waals surface area contributed by atoms with Crippen LogP contribution in [0.1, 0.15) is 19.8 Å². The molecule has 1 saturated heterocycles. The van der Waals surface area contributed by atoms with Crippen LogP contribution in [0.5, 0.6) is 0 Å². The van der Waals surface area contributed by atoms with E-state index in [1.54, 1.807) is 4.90 Å². The molecule has 1 aliphatic heterocycles. The van der Waals surface area contributed by atoms with E-state index in [1.807, 2.05) is 6.92 Å². The van der Waals surface area contributed by atoms with E-state index in [0.717, 1.165) is 6.42 Å². The number of hydrogen-bond acceptors (Lipinski definition) is 2. The molecule has 1 heterocycles. The van der Waals surface area contributed by atoms with Crippen molar-refractivity contribution in [1.82, 2.24) is 4.90 Å². The van der Waals surface area contributed by atoms with Gasteiger partial charge in [-0.2, -0.15) is 0 Å². The summed E-state index contributed by atoms with van der Waals surface area (Å²) in [6.07, 6.45) is 1.16. The van der Waals surface area contributed by atoms with Crippen LogP contribution in [0.25, 0.3) is 0 Å². The van der Waals surface area contributed by atoms with E-state index < -0.39 is 0 Å². The molecule has 1 fully saturated rings. The first kappa shape index (κ1) is 13.5. The topological polar surface area (TPSA) is 49.4 Å². The van der Waals surface area contributed by atoms with Crippen molar-refractivity contribution in [3.05, 3.63) is 30.1 Å². The zero-order valence-corrected chi connectivity index (χ0v) is 10.9. The first-order valence-electron chi connectivity index (χ1n) is 6.44. The fraction of sp³-hybridized carbons (Fsp3) is 0.429. The average Bonchev–Trinajstić information content (AvgIpc) is 2.42. The van der Waals surface area contributed by atoms with Crippen LogP contribution in [0.15, 0.2) is 24.3 Å². The van der Waals surface area contributed by atoms with Gasteiger partial charge in [0.1, 0.15) is 11.6 Å². The maximum absolute atomic E-state index is 12.8. The van der Waals surface area contributed by atoms with Crippen LogP contribution in [0.3, 0.4) is 0 Å². The number of Topliss-reactive ketones (excluding diaryl/α,β-unsaturated/α-hetero) is 1. The van der Waals surface area contributed by atoms with Gasteiger partial charge in [0.25, 0.3) is 0 Å². The standard InChI is InChI=1S/C14H17FN2O2/c1-2-10-9-17(8-7-13(10)18)14(19)16-12-5-3-11(15)4-6-12/h3-6,10H,2,7-9H2,1H3,(H,16,19). The number of urea groups is 1. The predicted molar refractivity (Wildman–Crippen MR) is 70.4 cm³/mol. The Labute approximate surface area is 111 Å². The van der Waals surface area contributed by atoms with Gasteiger partial charge in [0.2, 0.25) is 0 Å². The molecule has 1 N–H and O–H groups in total. The molecule has 0 aromatic heterocycles. The third kappa shape index (κ3) is 3.30. The summed E-state index contributed by atoms with van der Waals surface area (Å²) in [5.74, 6) is -0.173. The monoisotopic (exact) mass is 264 g/mol. The van der Waals surface area contributed by atoms with Crippen molar-refractivity contribution in [2.24, 2.45) is 5.92 Å². The minimum Gasteiger partial charge on any atom is -0.323 e. The Morgan fingerprint density at radius 1 is 1.42 bits per heavy atom. The molecule has 2 amide bonds. The van der Waals surface area contributed by atoms with Crippen molar-refractivity contribution in [1.29, 1.82) is 0 Å². The van der Waals surface area contributed by atoms with E-state index in [2.05, 4.69) is 5.32 Å². The Balaban J connectivity index is 1.96. The molecule has 1 atom stereocenters. The van der Waals surface area contributed by atoms with Crippen LogP contribution in [0.4, 0.5) is 14.9 Å². The highest BCUT2D eigenvalue weighted by Gasteiger charge is 2.28. The first-order chi connectivity index (χ1) is 9.10. The first-order valence-corrected chi connectivity index (χ1v) is 6.44. The van der Waals surface area contributed by atoms with Crippen LogP contribution >= 0.6 is 0 Å². The van der Waals surface area contributed by atoms with Crippen LogP contribution in [-0.2, 0) is 4.79 Å². The highest BCUT2D eigenvalue weighted by Crippen LogP contribution is 2.17. The molecule has 2 rings (SSSR count). The number of halogens is 1. The average molecular weight is 264 g/mol. The Kier molecular flexibility index (Phi) is 4.14. The number of nitrogens with one attached hydrogen (secondary N) is 1. The zero-order valence-electron chi connectivity index (χ0n) is 10.9. The van der Waals surface area contributed by atoms with Crippen molar-refractivity contribution in [3.8, 4) is 0 Å². The normalized spacial score (nSPS) is 19.4. The van der Waals surface area contributed by atoms with E-state index in [-0.39, 0.29) is 23.5 Å². The van der Waals surface area contributed by atoms with Crippen LogP contribution in [0.2, 0.25) is 0 Å². The predicted octanol–water partition coefficient (Wildman–Crippen LogP) is 2.66. The molecule has 19 heavy (non-hydrogen) atoms. The number of benzene rings is 1. The summed E-state index contributed by atoms with van der Waals surface area (Å²) in [5, 5.41) is 2.71. The highest BCUT2D eigenvalue weighted by molar-refractivity contribution is 5.91. The van der Waals surface area contributed by atoms with Gasteiger partial charge in [-0.1, -0.05) is 6.92 Å². The number of carbonyl (C=O) groups excluding carboxylic acids is 2. The lowest BCUT2D eigenvalue weighted by atomic mass is 9.94. The molecule has 0 spiro atoms. The number of rotatable bonds is 2. The summed E-state index contributed by atoms with van der Waals surface area (Å²) in [6.45, 7) is 2.86. The lowest BCUT2D eigenvalue weighted by Gasteiger charge is -2.31. The second-order valence-corrected chi connectivity index (χ2v) is 4.70. The summed E-state index contributed by atoms with van der Waals surface area (Å²) < 4.78 is 12.8. The van der Waals surface area contributed by atoms with Gasteiger partial charge in [0, 0.05) is 31.1 Å². The maximum atomic E-state index is 12.8. The summed E-state index contributed by atoms with van der Waals surface area (Å²) in [4.78, 5) is 25.3. The number of likely N-dealkylation sites (tertiary alicyclic amines) is 1. The molecular weight excluding hydrogens is 247 g/mol. The van der Waals surface area contributed by atoms with E-state index in [1.165, 1.54) is 24.3 Å². The van der Waals surface area contributed by atoms with Gasteiger partial charge in [-0.3, -0.25) is 4.79 Å². The lowest BCUT2D eigenvalue weighted by molar-refractivity contribution is -0.125. The summed E-state index contributed by atoms with van der Waals surface area (Å²) >= 11 is 0. The van der Waals surface area contributed by atoms with Crippen molar-refractivity contribution in [3.63, 3.8) is 0 Å². The Morgan fingerprint density at radius 2 is 2.11 bits per heavy atom. The molecule has 1 aromatic carbocycles. The van der Waals surface area contributed by atoms with Crippen molar-refractivity contribution in [2.45, 2.75) is 19.8 Å². The molecule has 1 aliphatic rings. The number of nitrogens with zero attached hydrogens (tertiary/aromatic N) is 1. The van der Waals surface area contributed by atoms with Gasteiger partial charge in [-0.25, -0.2) is 9.18 Å². The van der Waals surface area contributed by atoms with Crippen LogP contribution in [0, 0.1) is 11.7 Å².